The third-order valence-corrected chi connectivity index (χ3v) is 14.5. The number of anilines is 1. The third kappa shape index (κ3) is 8.13. The zero-order chi connectivity index (χ0) is 44.9. The molecule has 5 aromatic heterocycles. The number of hydrogen-bond acceptors (Lipinski definition) is 13. The SMILES string of the molecule is Cc1ncsc1-c1ccc([C@H](C)NC(=O)[C@@H]2C[C@@H](O)CN2C(=O)[C@@H](c2cc(-c3cnc(N4CC[C@H](c5cc6nnc(-c7ccccc7O)cc6n5C5CCC5)C4)nc3)no2)C(C)C)cc1. The van der Waals surface area contributed by atoms with E-state index in [0.717, 1.165) is 65.1 Å². The Morgan fingerprint density at radius 1 is 0.908 bits per heavy atom. The Morgan fingerprint density at radius 3 is 2.40 bits per heavy atom. The van der Waals surface area contributed by atoms with Gasteiger partial charge in [-0.15, -0.1) is 21.5 Å². The van der Waals surface area contributed by atoms with Crippen molar-refractivity contribution in [2.75, 3.05) is 24.5 Å². The zero-order valence-electron chi connectivity index (χ0n) is 36.8. The Labute approximate surface area is 380 Å². The fourth-order valence-corrected chi connectivity index (χ4v) is 10.5. The summed E-state index contributed by atoms with van der Waals surface area (Å²) >= 11 is 1.59. The molecule has 2 saturated heterocycles. The molecule has 0 bridgehead atoms. The minimum Gasteiger partial charge on any atom is -0.507 e. The first kappa shape index (κ1) is 42.4. The average Bonchev–Trinajstić information content (AvgIpc) is 4.15. The number of para-hydroxylation sites is 1. The number of aromatic nitrogens is 7. The van der Waals surface area contributed by atoms with Crippen molar-refractivity contribution in [3.05, 3.63) is 107 Å². The lowest BCUT2D eigenvalue weighted by molar-refractivity contribution is -0.141. The van der Waals surface area contributed by atoms with Gasteiger partial charge in [-0.1, -0.05) is 55.4 Å². The maximum absolute atomic E-state index is 14.4. The number of aliphatic hydroxyl groups excluding tert-OH is 1. The number of aliphatic hydroxyl groups is 1. The molecule has 3 fully saturated rings. The number of fused-ring (bicyclic) bond motifs is 1. The molecule has 1 aliphatic carbocycles. The van der Waals surface area contributed by atoms with E-state index >= 15 is 0 Å². The van der Waals surface area contributed by atoms with E-state index in [4.69, 9.17) is 14.5 Å². The van der Waals surface area contributed by atoms with E-state index in [-0.39, 0.29) is 48.4 Å². The van der Waals surface area contributed by atoms with Crippen LogP contribution in [-0.4, -0.2) is 93.6 Å². The first-order chi connectivity index (χ1) is 31.5. The van der Waals surface area contributed by atoms with Gasteiger partial charge in [-0.2, -0.15) is 0 Å². The lowest BCUT2D eigenvalue weighted by atomic mass is 9.91. The molecule has 0 spiro atoms. The highest BCUT2D eigenvalue weighted by Crippen LogP contribution is 2.42. The van der Waals surface area contributed by atoms with Gasteiger partial charge in [-0.05, 0) is 80.8 Å². The number of nitrogens with one attached hydrogen (secondary N) is 1. The predicted octanol–water partition coefficient (Wildman–Crippen LogP) is 7.98. The fraction of sp³-hybridized carbons (Fsp3) is 0.388. The molecule has 15 nitrogen and oxygen atoms in total. The van der Waals surface area contributed by atoms with Crippen molar-refractivity contribution in [1.29, 1.82) is 0 Å². The maximum atomic E-state index is 14.4. The van der Waals surface area contributed by atoms with Crippen LogP contribution < -0.4 is 10.2 Å². The van der Waals surface area contributed by atoms with E-state index in [2.05, 4.69) is 47.3 Å². The van der Waals surface area contributed by atoms with Crippen molar-refractivity contribution >= 4 is 40.1 Å². The molecule has 65 heavy (non-hydrogen) atoms. The monoisotopic (exact) mass is 892 g/mol. The summed E-state index contributed by atoms with van der Waals surface area (Å²) in [6, 6.07) is 20.5. The molecular weight excluding hydrogens is 841 g/mol. The van der Waals surface area contributed by atoms with Gasteiger partial charge in [0.15, 0.2) is 0 Å². The molecule has 7 heterocycles. The van der Waals surface area contributed by atoms with Crippen molar-refractivity contribution in [2.24, 2.45) is 5.92 Å². The molecule has 1 saturated carbocycles. The molecule has 2 aliphatic heterocycles. The number of amides is 2. The summed E-state index contributed by atoms with van der Waals surface area (Å²) in [7, 11) is 0. The van der Waals surface area contributed by atoms with Crippen molar-refractivity contribution < 1.29 is 24.3 Å². The smallest absolute Gasteiger partial charge is 0.243 e. The summed E-state index contributed by atoms with van der Waals surface area (Å²) in [5.74, 6) is -0.132. The second-order valence-corrected chi connectivity index (χ2v) is 19.0. The molecule has 0 radical (unpaired) electrons. The number of aromatic hydroxyl groups is 1. The molecule has 3 aliphatic rings. The Balaban J connectivity index is 0.811. The van der Waals surface area contributed by atoms with Gasteiger partial charge in [0.05, 0.1) is 39.4 Å². The van der Waals surface area contributed by atoms with Crippen LogP contribution in [0.1, 0.15) is 99.5 Å². The summed E-state index contributed by atoms with van der Waals surface area (Å²) < 4.78 is 8.32. The molecule has 334 valence electrons. The molecule has 2 amide bonds. The number of phenolic OH excluding ortho intramolecular Hbond substituents is 1. The van der Waals surface area contributed by atoms with Crippen LogP contribution in [0.3, 0.4) is 0 Å². The fourth-order valence-electron chi connectivity index (χ4n) is 9.71. The van der Waals surface area contributed by atoms with E-state index in [0.29, 0.717) is 40.3 Å². The van der Waals surface area contributed by atoms with Crippen LogP contribution in [0.4, 0.5) is 5.95 Å². The lowest BCUT2D eigenvalue weighted by Gasteiger charge is -2.31. The largest absolute Gasteiger partial charge is 0.507 e. The quantitative estimate of drug-likeness (QED) is 0.108. The highest BCUT2D eigenvalue weighted by molar-refractivity contribution is 7.13. The van der Waals surface area contributed by atoms with Crippen molar-refractivity contribution in [3.8, 4) is 38.7 Å². The number of likely N-dealkylation sites (tertiary alicyclic amines) is 1. The summed E-state index contributed by atoms with van der Waals surface area (Å²) in [5.41, 5.74) is 10.4. The van der Waals surface area contributed by atoms with Crippen molar-refractivity contribution in [2.45, 2.75) is 95.9 Å². The lowest BCUT2D eigenvalue weighted by Crippen LogP contribution is -2.48. The Kier molecular flexibility index (Phi) is 11.4. The van der Waals surface area contributed by atoms with Gasteiger partial charge in [0.2, 0.25) is 17.8 Å². The van der Waals surface area contributed by atoms with E-state index in [1.165, 1.54) is 17.0 Å². The number of phenols is 1. The average molecular weight is 893 g/mol. The molecular formula is C49H52N10O5S. The number of rotatable bonds is 12. The van der Waals surface area contributed by atoms with E-state index in [1.54, 1.807) is 41.9 Å². The summed E-state index contributed by atoms with van der Waals surface area (Å²) in [6.07, 6.45) is 7.13. The Morgan fingerprint density at radius 2 is 1.69 bits per heavy atom. The first-order valence-corrected chi connectivity index (χ1v) is 23.4. The second-order valence-electron chi connectivity index (χ2n) is 18.1. The van der Waals surface area contributed by atoms with E-state index < -0.39 is 18.1 Å². The van der Waals surface area contributed by atoms with Gasteiger partial charge >= 0.3 is 0 Å². The van der Waals surface area contributed by atoms with Gasteiger partial charge < -0.3 is 34.4 Å². The molecule has 16 heteroatoms. The van der Waals surface area contributed by atoms with Crippen LogP contribution in [0.2, 0.25) is 0 Å². The van der Waals surface area contributed by atoms with Crippen molar-refractivity contribution in [3.63, 3.8) is 0 Å². The van der Waals surface area contributed by atoms with Crippen LogP contribution in [0, 0.1) is 12.8 Å². The molecule has 0 unspecified atom stereocenters. The highest BCUT2D eigenvalue weighted by atomic mass is 32.1. The summed E-state index contributed by atoms with van der Waals surface area (Å²) in [5, 5.41) is 37.8. The standard InChI is InChI=1S/C49H52N10O5S/c1-27(2)45(48(63)58-25-35(60)18-42(58)47(62)53-28(3)30-12-14-31(15-13-30)46-29(4)52-26-65-46)44-21-37(56-64-44)33-22-50-49(51-23-33)57-17-16-32(24-57)40-20-39-41(59(40)34-8-7-9-34)19-38(54-55-39)36-10-5-6-11-43(36)61/h5-6,10-15,19-23,26-28,32,34-35,42,45,60-61H,7-9,16-18,24-25H2,1-4H3,(H,53,62)/t28-,32-,35+,42-,45+/m0/s1. The second kappa shape index (κ2) is 17.5. The Hall–Kier alpha value is -6.52. The van der Waals surface area contributed by atoms with Gasteiger partial charge in [-0.3, -0.25) is 9.59 Å². The molecule has 7 aromatic rings. The number of β-amino-alcohol motifs (C(OH)–C–C–N with tert-alkyl or cyclic N) is 1. The number of aryl methyl sites for hydroxylation is 1. The Bertz CT molecular complexity index is 2850. The van der Waals surface area contributed by atoms with Gasteiger partial charge in [0.1, 0.15) is 34.7 Å². The minimum atomic E-state index is -0.841. The zero-order valence-corrected chi connectivity index (χ0v) is 37.7. The number of thiazole rings is 1. The van der Waals surface area contributed by atoms with Crippen LogP contribution in [0.25, 0.3) is 44.0 Å². The molecule has 2 aromatic carbocycles. The van der Waals surface area contributed by atoms with Crippen LogP contribution in [0.15, 0.2) is 89.2 Å². The van der Waals surface area contributed by atoms with E-state index in [1.807, 2.05) is 69.6 Å². The maximum Gasteiger partial charge on any atom is 0.243 e. The summed E-state index contributed by atoms with van der Waals surface area (Å²) in [4.78, 5) is 46.8. The van der Waals surface area contributed by atoms with Crippen LogP contribution in [-0.2, 0) is 9.59 Å². The minimum absolute atomic E-state index is 0.0442. The predicted molar refractivity (Wildman–Crippen MR) is 247 cm³/mol. The van der Waals surface area contributed by atoms with Crippen LogP contribution in [0.5, 0.6) is 5.75 Å². The normalized spacial score (nSPS) is 19.8. The van der Waals surface area contributed by atoms with E-state index in [9.17, 15) is 19.8 Å². The number of nitrogens with zero attached hydrogens (tertiary/aromatic N) is 9. The topological polar surface area (TPSA) is 189 Å². The molecule has 10 rings (SSSR count). The molecule has 5 atom stereocenters. The van der Waals surface area contributed by atoms with Gasteiger partial charge in [0.25, 0.3) is 0 Å². The molecule has 3 N–H and O–H groups in total. The van der Waals surface area contributed by atoms with Crippen LogP contribution >= 0.6 is 11.3 Å². The number of benzene rings is 2. The summed E-state index contributed by atoms with van der Waals surface area (Å²) in [6.45, 7) is 9.34. The van der Waals surface area contributed by atoms with Gasteiger partial charge in [0, 0.05) is 73.3 Å². The van der Waals surface area contributed by atoms with Gasteiger partial charge in [-0.25, -0.2) is 15.0 Å². The number of carbonyl (C=O) groups excluding carboxylic acids is 2. The number of carbonyl (C=O) groups is 2. The first-order valence-electron chi connectivity index (χ1n) is 22.5. The van der Waals surface area contributed by atoms with Crippen molar-refractivity contribution in [1.82, 2.24) is 45.1 Å². The highest BCUT2D eigenvalue weighted by Gasteiger charge is 2.44. The number of hydrogen-bond donors (Lipinski definition) is 3. The third-order valence-electron chi connectivity index (χ3n) is 13.5.